The van der Waals surface area contributed by atoms with Gasteiger partial charge in [0.25, 0.3) is 0 Å². The van der Waals surface area contributed by atoms with Gasteiger partial charge in [0, 0.05) is 11.6 Å². The Morgan fingerprint density at radius 1 is 1.50 bits per heavy atom. The number of aryl methyl sites for hydroxylation is 1. The van der Waals surface area contributed by atoms with E-state index in [1.54, 1.807) is 6.07 Å². The molecule has 2 rings (SSSR count). The standard InChI is InChI=1S/C14H14ClNO4/c1-2-6-20-14(19)16-5-3-4-9-7-10(15)8-11(12(9)16)13(17)18/h2,7-8H,1,3-6H2,(H,17,18). The summed E-state index contributed by atoms with van der Waals surface area (Å²) >= 11 is 5.93. The number of hydrogen-bond acceptors (Lipinski definition) is 3. The van der Waals surface area contributed by atoms with Crippen LogP contribution in [0.5, 0.6) is 0 Å². The van der Waals surface area contributed by atoms with Crippen molar-refractivity contribution in [1.29, 1.82) is 0 Å². The minimum Gasteiger partial charge on any atom is -0.478 e. The molecule has 0 fully saturated rings. The highest BCUT2D eigenvalue weighted by molar-refractivity contribution is 6.31. The van der Waals surface area contributed by atoms with E-state index >= 15 is 0 Å². The molecule has 0 atom stereocenters. The Morgan fingerprint density at radius 2 is 2.25 bits per heavy atom. The summed E-state index contributed by atoms with van der Waals surface area (Å²) in [5.74, 6) is -1.12. The van der Waals surface area contributed by atoms with Gasteiger partial charge in [0.1, 0.15) is 6.61 Å². The number of ether oxygens (including phenoxy) is 1. The van der Waals surface area contributed by atoms with E-state index < -0.39 is 12.1 Å². The van der Waals surface area contributed by atoms with Crippen LogP contribution in [-0.2, 0) is 11.2 Å². The maximum absolute atomic E-state index is 12.0. The van der Waals surface area contributed by atoms with Gasteiger partial charge in [-0.2, -0.15) is 0 Å². The van der Waals surface area contributed by atoms with Crippen LogP contribution in [0.2, 0.25) is 5.02 Å². The van der Waals surface area contributed by atoms with Crippen LogP contribution in [-0.4, -0.2) is 30.3 Å². The summed E-state index contributed by atoms with van der Waals surface area (Å²) in [5.41, 5.74) is 1.14. The lowest BCUT2D eigenvalue weighted by atomic mass is 9.98. The number of amides is 1. The van der Waals surface area contributed by atoms with Crippen molar-refractivity contribution in [2.24, 2.45) is 0 Å². The molecule has 20 heavy (non-hydrogen) atoms. The SMILES string of the molecule is C=CCOC(=O)N1CCCc2cc(Cl)cc(C(=O)O)c21. The monoisotopic (exact) mass is 295 g/mol. The molecule has 0 aromatic heterocycles. The largest absolute Gasteiger partial charge is 0.478 e. The molecule has 0 unspecified atom stereocenters. The molecular weight excluding hydrogens is 282 g/mol. The summed E-state index contributed by atoms with van der Waals surface area (Å²) in [7, 11) is 0. The Hall–Kier alpha value is -2.01. The first-order valence-corrected chi connectivity index (χ1v) is 6.53. The normalized spacial score (nSPS) is 13.6. The third-order valence-electron chi connectivity index (χ3n) is 3.03. The fourth-order valence-corrected chi connectivity index (χ4v) is 2.50. The van der Waals surface area contributed by atoms with Crippen LogP contribution in [0.15, 0.2) is 24.8 Å². The number of nitrogens with zero attached hydrogens (tertiary/aromatic N) is 1. The van der Waals surface area contributed by atoms with Gasteiger partial charge < -0.3 is 9.84 Å². The quantitative estimate of drug-likeness (QED) is 0.870. The zero-order valence-electron chi connectivity index (χ0n) is 10.8. The molecule has 0 saturated heterocycles. The third-order valence-corrected chi connectivity index (χ3v) is 3.25. The summed E-state index contributed by atoms with van der Waals surface area (Å²) in [6.07, 6.45) is 2.30. The van der Waals surface area contributed by atoms with Crippen molar-refractivity contribution in [1.82, 2.24) is 0 Å². The number of hydrogen-bond donors (Lipinski definition) is 1. The van der Waals surface area contributed by atoms with Crippen molar-refractivity contribution in [3.05, 3.63) is 40.9 Å². The van der Waals surface area contributed by atoms with Crippen molar-refractivity contribution < 1.29 is 19.4 Å². The number of aromatic carboxylic acids is 1. The first-order valence-electron chi connectivity index (χ1n) is 6.15. The van der Waals surface area contributed by atoms with Crippen molar-refractivity contribution in [3.8, 4) is 0 Å². The Bertz CT molecular complexity index is 571. The van der Waals surface area contributed by atoms with E-state index in [0.29, 0.717) is 23.7 Å². The molecule has 106 valence electrons. The van der Waals surface area contributed by atoms with Gasteiger partial charge >= 0.3 is 12.1 Å². The highest BCUT2D eigenvalue weighted by Crippen LogP contribution is 2.34. The summed E-state index contributed by atoms with van der Waals surface area (Å²) < 4.78 is 5.00. The highest BCUT2D eigenvalue weighted by Gasteiger charge is 2.29. The second kappa shape index (κ2) is 5.96. The molecule has 1 heterocycles. The second-order valence-electron chi connectivity index (χ2n) is 4.39. The number of anilines is 1. The fraction of sp³-hybridized carbons (Fsp3) is 0.286. The smallest absolute Gasteiger partial charge is 0.414 e. The van der Waals surface area contributed by atoms with Crippen molar-refractivity contribution >= 4 is 29.4 Å². The summed E-state index contributed by atoms with van der Waals surface area (Å²) in [4.78, 5) is 24.7. The average Bonchev–Trinajstić information content (AvgIpc) is 2.42. The fourth-order valence-electron chi connectivity index (χ4n) is 2.26. The molecular formula is C14H14ClNO4. The Labute approximate surface area is 121 Å². The number of carboxylic acids is 1. The molecule has 1 N–H and O–H groups in total. The van der Waals surface area contributed by atoms with Crippen LogP contribution >= 0.6 is 11.6 Å². The van der Waals surface area contributed by atoms with Crippen LogP contribution in [0.25, 0.3) is 0 Å². The molecule has 6 heteroatoms. The van der Waals surface area contributed by atoms with Gasteiger partial charge in [0.15, 0.2) is 0 Å². The Balaban J connectivity index is 2.45. The summed E-state index contributed by atoms with van der Waals surface area (Å²) in [5, 5.41) is 9.64. The van der Waals surface area contributed by atoms with E-state index in [1.807, 2.05) is 0 Å². The zero-order chi connectivity index (χ0) is 14.7. The number of carbonyl (C=O) groups is 2. The first-order chi connectivity index (χ1) is 9.54. The topological polar surface area (TPSA) is 66.8 Å². The minimum atomic E-state index is -1.12. The van der Waals surface area contributed by atoms with E-state index in [-0.39, 0.29) is 12.2 Å². The number of benzene rings is 1. The van der Waals surface area contributed by atoms with Gasteiger partial charge in [-0.3, -0.25) is 4.90 Å². The van der Waals surface area contributed by atoms with Crippen molar-refractivity contribution in [2.45, 2.75) is 12.8 Å². The van der Waals surface area contributed by atoms with Gasteiger partial charge in [0.05, 0.1) is 11.3 Å². The number of carboxylic acid groups (broad SMARTS) is 1. The van der Waals surface area contributed by atoms with Gasteiger partial charge in [-0.05, 0) is 30.5 Å². The van der Waals surface area contributed by atoms with E-state index in [9.17, 15) is 14.7 Å². The van der Waals surface area contributed by atoms with Crippen LogP contribution in [0.1, 0.15) is 22.3 Å². The van der Waals surface area contributed by atoms with Crippen LogP contribution in [0.4, 0.5) is 10.5 Å². The molecule has 0 spiro atoms. The van der Waals surface area contributed by atoms with Gasteiger partial charge in [-0.25, -0.2) is 9.59 Å². The minimum absolute atomic E-state index is 0.0164. The average molecular weight is 296 g/mol. The van der Waals surface area contributed by atoms with E-state index in [2.05, 4.69) is 6.58 Å². The maximum Gasteiger partial charge on any atom is 0.414 e. The Morgan fingerprint density at radius 3 is 2.90 bits per heavy atom. The molecule has 1 amide bonds. The van der Waals surface area contributed by atoms with E-state index in [4.69, 9.17) is 16.3 Å². The predicted molar refractivity (Wildman–Crippen MR) is 75.6 cm³/mol. The molecule has 0 saturated carbocycles. The molecule has 1 aliphatic rings. The van der Waals surface area contributed by atoms with Gasteiger partial charge in [0.2, 0.25) is 0 Å². The Kier molecular flexibility index (Phi) is 4.29. The third kappa shape index (κ3) is 2.77. The summed E-state index contributed by atoms with van der Waals surface area (Å²) in [6, 6.07) is 3.04. The predicted octanol–water partition coefficient (Wildman–Crippen LogP) is 3.11. The highest BCUT2D eigenvalue weighted by atomic mass is 35.5. The zero-order valence-corrected chi connectivity index (χ0v) is 11.5. The summed E-state index contributed by atoms with van der Waals surface area (Å²) in [6.45, 7) is 3.98. The molecule has 5 nitrogen and oxygen atoms in total. The number of halogens is 1. The van der Waals surface area contributed by atoms with Gasteiger partial charge in [-0.1, -0.05) is 24.3 Å². The maximum atomic E-state index is 12.0. The first kappa shape index (κ1) is 14.4. The van der Waals surface area contributed by atoms with Crippen LogP contribution < -0.4 is 4.90 Å². The van der Waals surface area contributed by atoms with Crippen LogP contribution in [0, 0.1) is 0 Å². The van der Waals surface area contributed by atoms with E-state index in [0.717, 1.165) is 12.0 Å². The number of rotatable bonds is 3. The van der Waals surface area contributed by atoms with E-state index in [1.165, 1.54) is 17.0 Å². The van der Waals surface area contributed by atoms with Gasteiger partial charge in [-0.15, -0.1) is 0 Å². The number of fused-ring (bicyclic) bond motifs is 1. The van der Waals surface area contributed by atoms with Crippen LogP contribution in [0.3, 0.4) is 0 Å². The lowest BCUT2D eigenvalue weighted by Gasteiger charge is -2.30. The molecule has 1 aliphatic heterocycles. The second-order valence-corrected chi connectivity index (χ2v) is 4.82. The lowest BCUT2D eigenvalue weighted by molar-refractivity contribution is 0.0697. The number of carbonyl (C=O) groups excluding carboxylic acids is 1. The molecule has 1 aromatic carbocycles. The van der Waals surface area contributed by atoms with Crippen molar-refractivity contribution in [3.63, 3.8) is 0 Å². The van der Waals surface area contributed by atoms with Crippen molar-refractivity contribution in [2.75, 3.05) is 18.1 Å². The molecule has 0 aliphatic carbocycles. The lowest BCUT2D eigenvalue weighted by Crippen LogP contribution is -2.37. The molecule has 0 radical (unpaired) electrons. The molecule has 0 bridgehead atoms. The molecule has 1 aromatic rings.